The van der Waals surface area contributed by atoms with Crippen LogP contribution in [-0.4, -0.2) is 53.6 Å². The van der Waals surface area contributed by atoms with Gasteiger partial charge in [0, 0.05) is 48.6 Å². The molecule has 1 saturated heterocycles. The van der Waals surface area contributed by atoms with Crippen LogP contribution in [0.15, 0.2) is 71.9 Å². The van der Waals surface area contributed by atoms with E-state index in [9.17, 15) is 9.59 Å². The van der Waals surface area contributed by atoms with Crippen LogP contribution < -0.4 is 9.80 Å². The predicted molar refractivity (Wildman–Crippen MR) is 132 cm³/mol. The number of pyridine rings is 1. The van der Waals surface area contributed by atoms with Crippen LogP contribution in [0.5, 0.6) is 0 Å². The average Bonchev–Trinajstić information content (AvgIpc) is 2.86. The number of hydrogen-bond acceptors (Lipinski definition) is 5. The third-order valence-corrected chi connectivity index (χ3v) is 7.17. The summed E-state index contributed by atoms with van der Waals surface area (Å²) in [4.78, 5) is 35.8. The average molecular weight is 479 g/mol. The minimum absolute atomic E-state index is 0.0345. The summed E-state index contributed by atoms with van der Waals surface area (Å²) >= 11 is 7.58. The van der Waals surface area contributed by atoms with Crippen molar-refractivity contribution in [1.82, 2.24) is 9.88 Å². The molecule has 2 aliphatic heterocycles. The largest absolute Gasteiger partial charge is 0.368 e. The van der Waals surface area contributed by atoms with Gasteiger partial charge in [-0.25, -0.2) is 4.98 Å². The van der Waals surface area contributed by atoms with Gasteiger partial charge in [0.05, 0.1) is 18.0 Å². The first kappa shape index (κ1) is 21.8. The third-order valence-electron chi connectivity index (χ3n) is 5.96. The Kier molecular flexibility index (Phi) is 6.24. The van der Waals surface area contributed by atoms with Gasteiger partial charge in [-0.15, -0.1) is 0 Å². The van der Waals surface area contributed by atoms with Crippen LogP contribution in [0.4, 0.5) is 11.4 Å². The number of aromatic nitrogens is 1. The fourth-order valence-electron chi connectivity index (χ4n) is 4.17. The summed E-state index contributed by atoms with van der Waals surface area (Å²) in [5, 5.41) is 1.59. The molecule has 3 heterocycles. The Labute approximate surface area is 202 Å². The van der Waals surface area contributed by atoms with E-state index in [2.05, 4.69) is 9.88 Å². The molecule has 0 saturated carbocycles. The van der Waals surface area contributed by atoms with Crippen molar-refractivity contribution >= 4 is 46.6 Å². The van der Waals surface area contributed by atoms with Crippen LogP contribution in [0.2, 0.25) is 5.02 Å². The van der Waals surface area contributed by atoms with Crippen LogP contribution >= 0.6 is 23.4 Å². The topological polar surface area (TPSA) is 56.8 Å². The number of benzene rings is 2. The number of carbonyl (C=O) groups excluding carboxylic acids is 2. The minimum atomic E-state index is 0.0345. The van der Waals surface area contributed by atoms with Crippen LogP contribution in [0, 0.1) is 0 Å². The maximum Gasteiger partial charge on any atom is 0.253 e. The molecule has 0 radical (unpaired) electrons. The normalized spacial score (nSPS) is 16.0. The zero-order valence-electron chi connectivity index (χ0n) is 18.0. The van der Waals surface area contributed by atoms with Crippen LogP contribution in [-0.2, 0) is 11.3 Å². The highest BCUT2D eigenvalue weighted by atomic mass is 35.5. The van der Waals surface area contributed by atoms with E-state index in [-0.39, 0.29) is 11.8 Å². The van der Waals surface area contributed by atoms with E-state index >= 15 is 0 Å². The summed E-state index contributed by atoms with van der Waals surface area (Å²) in [6.07, 6.45) is 1.75. The zero-order chi connectivity index (χ0) is 22.8. The SMILES string of the molecule is O=C(c1ccc(CN2C(=O)CSc3ncccc32)cc1)N1CCN(c2cccc(Cl)c2)CC1. The van der Waals surface area contributed by atoms with Gasteiger partial charge in [-0.05, 0) is 48.0 Å². The summed E-state index contributed by atoms with van der Waals surface area (Å²) < 4.78 is 0. The molecule has 0 atom stereocenters. The van der Waals surface area contributed by atoms with Crippen LogP contribution in [0.25, 0.3) is 0 Å². The highest BCUT2D eigenvalue weighted by Gasteiger charge is 2.26. The summed E-state index contributed by atoms with van der Waals surface area (Å²) in [6, 6.07) is 19.2. The second-order valence-electron chi connectivity index (χ2n) is 8.05. The molecule has 1 fully saturated rings. The Bertz CT molecular complexity index is 1180. The molecule has 0 spiro atoms. The number of amides is 2. The smallest absolute Gasteiger partial charge is 0.253 e. The molecule has 0 aliphatic carbocycles. The first-order chi connectivity index (χ1) is 16.1. The van der Waals surface area contributed by atoms with E-state index in [1.54, 1.807) is 11.1 Å². The lowest BCUT2D eigenvalue weighted by Crippen LogP contribution is -2.48. The van der Waals surface area contributed by atoms with Crippen molar-refractivity contribution in [3.05, 3.63) is 83.0 Å². The fraction of sp³-hybridized carbons (Fsp3) is 0.240. The molecule has 8 heteroatoms. The molecule has 33 heavy (non-hydrogen) atoms. The molecule has 0 bridgehead atoms. The second-order valence-corrected chi connectivity index (χ2v) is 9.45. The summed E-state index contributed by atoms with van der Waals surface area (Å²) in [6.45, 7) is 3.33. The molecule has 3 aromatic rings. The zero-order valence-corrected chi connectivity index (χ0v) is 19.6. The van der Waals surface area contributed by atoms with E-state index in [1.807, 2.05) is 65.6 Å². The van der Waals surface area contributed by atoms with Crippen molar-refractivity contribution in [3.63, 3.8) is 0 Å². The standard InChI is InChI=1S/C25H23ClN4O2S/c26-20-3-1-4-21(15-20)28-11-13-29(14-12-28)25(32)19-8-6-18(7-9-19)16-30-22-5-2-10-27-24(22)33-17-23(30)31/h1-10,15H,11-14,16-17H2. The van der Waals surface area contributed by atoms with Crippen LogP contribution in [0.3, 0.4) is 0 Å². The first-order valence-electron chi connectivity index (χ1n) is 10.9. The van der Waals surface area contributed by atoms with E-state index in [0.717, 1.165) is 40.1 Å². The number of anilines is 2. The van der Waals surface area contributed by atoms with Gasteiger partial charge in [0.2, 0.25) is 5.91 Å². The fourth-order valence-corrected chi connectivity index (χ4v) is 5.24. The van der Waals surface area contributed by atoms with Gasteiger partial charge in [-0.3, -0.25) is 9.59 Å². The lowest BCUT2D eigenvalue weighted by Gasteiger charge is -2.36. The molecular formula is C25H23ClN4O2S. The molecule has 1 aromatic heterocycles. The molecule has 2 aromatic carbocycles. The lowest BCUT2D eigenvalue weighted by molar-refractivity contribution is -0.116. The number of halogens is 1. The van der Waals surface area contributed by atoms with Gasteiger partial charge in [0.1, 0.15) is 5.03 Å². The molecule has 6 nitrogen and oxygen atoms in total. The maximum absolute atomic E-state index is 13.0. The van der Waals surface area contributed by atoms with E-state index in [4.69, 9.17) is 11.6 Å². The molecule has 2 aliphatic rings. The number of hydrogen-bond donors (Lipinski definition) is 0. The maximum atomic E-state index is 13.0. The Hall–Kier alpha value is -3.03. The van der Waals surface area contributed by atoms with Crippen molar-refractivity contribution in [1.29, 1.82) is 0 Å². The number of nitrogens with zero attached hydrogens (tertiary/aromatic N) is 4. The minimum Gasteiger partial charge on any atom is -0.368 e. The van der Waals surface area contributed by atoms with Gasteiger partial charge < -0.3 is 14.7 Å². The number of thioether (sulfide) groups is 1. The number of rotatable bonds is 4. The van der Waals surface area contributed by atoms with Gasteiger partial charge in [0.25, 0.3) is 5.91 Å². The van der Waals surface area contributed by atoms with Crippen LogP contribution in [0.1, 0.15) is 15.9 Å². The Morgan fingerprint density at radius 2 is 1.79 bits per heavy atom. The second kappa shape index (κ2) is 9.45. The first-order valence-corrected chi connectivity index (χ1v) is 12.2. The number of fused-ring (bicyclic) bond motifs is 1. The van der Waals surface area contributed by atoms with Gasteiger partial charge >= 0.3 is 0 Å². The van der Waals surface area contributed by atoms with Gasteiger partial charge in [-0.2, -0.15) is 0 Å². The molecule has 0 unspecified atom stereocenters. The van der Waals surface area contributed by atoms with Crippen molar-refractivity contribution in [2.45, 2.75) is 11.6 Å². The number of carbonyl (C=O) groups is 2. The van der Waals surface area contributed by atoms with Crippen molar-refractivity contribution in [2.24, 2.45) is 0 Å². The van der Waals surface area contributed by atoms with Crippen molar-refractivity contribution in [3.8, 4) is 0 Å². The quantitative estimate of drug-likeness (QED) is 0.558. The van der Waals surface area contributed by atoms with Gasteiger partial charge in [-0.1, -0.05) is 41.6 Å². The highest BCUT2D eigenvalue weighted by Crippen LogP contribution is 2.34. The lowest BCUT2D eigenvalue weighted by atomic mass is 10.1. The van der Waals surface area contributed by atoms with E-state index in [0.29, 0.717) is 31.0 Å². The van der Waals surface area contributed by atoms with E-state index < -0.39 is 0 Å². The number of piperazine rings is 1. The molecule has 2 amide bonds. The Morgan fingerprint density at radius 1 is 1.00 bits per heavy atom. The van der Waals surface area contributed by atoms with E-state index in [1.165, 1.54) is 11.8 Å². The predicted octanol–water partition coefficient (Wildman–Crippen LogP) is 4.34. The Balaban J connectivity index is 1.22. The summed E-state index contributed by atoms with van der Waals surface area (Å²) in [5.74, 6) is 0.493. The molecule has 0 N–H and O–H groups in total. The summed E-state index contributed by atoms with van der Waals surface area (Å²) in [5.41, 5.74) is 3.57. The van der Waals surface area contributed by atoms with Crippen molar-refractivity contribution in [2.75, 3.05) is 41.7 Å². The summed E-state index contributed by atoms with van der Waals surface area (Å²) in [7, 11) is 0. The Morgan fingerprint density at radius 3 is 2.55 bits per heavy atom. The molecule has 5 rings (SSSR count). The monoisotopic (exact) mass is 478 g/mol. The molecule has 168 valence electrons. The third kappa shape index (κ3) is 4.70. The van der Waals surface area contributed by atoms with Crippen molar-refractivity contribution < 1.29 is 9.59 Å². The highest BCUT2D eigenvalue weighted by molar-refractivity contribution is 8.00. The molecular weight excluding hydrogens is 456 g/mol. The van der Waals surface area contributed by atoms with Gasteiger partial charge in [0.15, 0.2) is 0 Å².